The summed E-state index contributed by atoms with van der Waals surface area (Å²) in [5.74, 6) is 1.32. The first kappa shape index (κ1) is 20.0. The zero-order valence-electron chi connectivity index (χ0n) is 16.3. The molecule has 4 rings (SSSR count). The third-order valence-electron chi connectivity index (χ3n) is 4.74. The highest BCUT2D eigenvalue weighted by atomic mass is 79.9. The predicted molar refractivity (Wildman–Crippen MR) is 115 cm³/mol. The normalized spacial score (nSPS) is 14.8. The van der Waals surface area contributed by atoms with E-state index in [1.54, 1.807) is 7.11 Å². The Balaban J connectivity index is 1.45. The van der Waals surface area contributed by atoms with Crippen LogP contribution in [0.3, 0.4) is 0 Å². The highest BCUT2D eigenvalue weighted by Gasteiger charge is 2.15. The molecule has 1 saturated heterocycles. The first-order chi connectivity index (χ1) is 14.2. The van der Waals surface area contributed by atoms with E-state index in [0.29, 0.717) is 35.2 Å². The number of nitrogens with one attached hydrogen (secondary N) is 1. The number of fused-ring (bicyclic) bond motifs is 1. The molecule has 0 atom stereocenters. The molecule has 1 aliphatic heterocycles. The summed E-state index contributed by atoms with van der Waals surface area (Å²) in [7, 11) is 1.63. The Morgan fingerprint density at radius 3 is 2.72 bits per heavy atom. The number of methoxy groups -OCH3 is 1. The van der Waals surface area contributed by atoms with Crippen molar-refractivity contribution in [1.82, 2.24) is 9.88 Å². The molecule has 29 heavy (non-hydrogen) atoms. The molecule has 0 amide bonds. The second-order valence-electron chi connectivity index (χ2n) is 6.78. The molecule has 2 heterocycles. The number of halogens is 1. The highest BCUT2D eigenvalue weighted by Crippen LogP contribution is 2.34. The summed E-state index contributed by atoms with van der Waals surface area (Å²) < 4.78 is 23.8. The summed E-state index contributed by atoms with van der Waals surface area (Å²) in [6, 6.07) is 11.9. The Morgan fingerprint density at radius 2 is 1.97 bits per heavy atom. The lowest BCUT2D eigenvalue weighted by Gasteiger charge is -2.26. The van der Waals surface area contributed by atoms with Crippen LogP contribution in [0.5, 0.6) is 11.5 Å². The molecule has 0 aliphatic carbocycles. The molecule has 1 aromatic heterocycles. The van der Waals surface area contributed by atoms with E-state index in [4.69, 9.17) is 18.6 Å². The minimum absolute atomic E-state index is 0.411. The third-order valence-corrected chi connectivity index (χ3v) is 5.27. The van der Waals surface area contributed by atoms with E-state index in [0.717, 1.165) is 49.4 Å². The minimum atomic E-state index is 0.411. The monoisotopic (exact) mass is 461 g/mol. The van der Waals surface area contributed by atoms with Crippen molar-refractivity contribution in [2.45, 2.75) is 6.42 Å². The number of oxazole rings is 1. The molecule has 0 unspecified atom stereocenters. The maximum atomic E-state index is 6.03. The van der Waals surface area contributed by atoms with E-state index >= 15 is 0 Å². The van der Waals surface area contributed by atoms with Gasteiger partial charge in [-0.2, -0.15) is 4.98 Å². The average molecular weight is 462 g/mol. The highest BCUT2D eigenvalue weighted by molar-refractivity contribution is 9.10. The number of hydrogen-bond donors (Lipinski definition) is 1. The zero-order valence-corrected chi connectivity index (χ0v) is 17.9. The molecule has 0 spiro atoms. The Kier molecular flexibility index (Phi) is 6.53. The van der Waals surface area contributed by atoms with Crippen LogP contribution in [-0.2, 0) is 4.74 Å². The lowest BCUT2D eigenvalue weighted by atomic mass is 10.3. The van der Waals surface area contributed by atoms with Crippen LogP contribution in [0.15, 0.2) is 45.3 Å². The molecule has 0 saturated carbocycles. The van der Waals surface area contributed by atoms with Gasteiger partial charge in [-0.05, 0) is 30.7 Å². The third kappa shape index (κ3) is 5.20. The van der Waals surface area contributed by atoms with Gasteiger partial charge >= 0.3 is 0 Å². The lowest BCUT2D eigenvalue weighted by Crippen LogP contribution is -2.37. The van der Waals surface area contributed by atoms with Crippen LogP contribution < -0.4 is 14.8 Å². The molecular formula is C21H24BrN3O4. The number of ether oxygens (including phenoxy) is 3. The molecule has 2 aromatic carbocycles. The zero-order chi connectivity index (χ0) is 20.1. The molecule has 1 N–H and O–H groups in total. The summed E-state index contributed by atoms with van der Waals surface area (Å²) >= 11 is 3.43. The van der Waals surface area contributed by atoms with Crippen LogP contribution >= 0.6 is 15.9 Å². The van der Waals surface area contributed by atoms with Crippen molar-refractivity contribution < 1.29 is 18.6 Å². The van der Waals surface area contributed by atoms with Gasteiger partial charge in [-0.3, -0.25) is 4.90 Å². The molecule has 0 radical (unpaired) electrons. The van der Waals surface area contributed by atoms with Crippen molar-refractivity contribution in [1.29, 1.82) is 0 Å². The molecule has 7 nitrogen and oxygen atoms in total. The summed E-state index contributed by atoms with van der Waals surface area (Å²) in [4.78, 5) is 6.92. The fourth-order valence-corrected chi connectivity index (χ4v) is 3.47. The van der Waals surface area contributed by atoms with Crippen LogP contribution in [0.1, 0.15) is 6.42 Å². The molecule has 1 fully saturated rings. The number of hydrogen-bond acceptors (Lipinski definition) is 7. The molecule has 154 valence electrons. The number of rotatable bonds is 8. The van der Waals surface area contributed by atoms with E-state index in [1.807, 2.05) is 36.4 Å². The number of benzene rings is 2. The topological polar surface area (TPSA) is 69.0 Å². The molecule has 3 aromatic rings. The molecular weight excluding hydrogens is 438 g/mol. The van der Waals surface area contributed by atoms with Crippen LogP contribution in [-0.4, -0.2) is 56.4 Å². The van der Waals surface area contributed by atoms with Crippen molar-refractivity contribution in [2.75, 3.05) is 51.9 Å². The van der Waals surface area contributed by atoms with Crippen LogP contribution in [0.4, 0.5) is 11.7 Å². The lowest BCUT2D eigenvalue weighted by molar-refractivity contribution is 0.0358. The van der Waals surface area contributed by atoms with Gasteiger partial charge in [0, 0.05) is 41.9 Å². The minimum Gasteiger partial charge on any atom is -0.497 e. The fourth-order valence-electron chi connectivity index (χ4n) is 3.21. The molecule has 1 aliphatic rings. The van der Waals surface area contributed by atoms with E-state index in [1.165, 1.54) is 0 Å². The number of nitrogens with zero attached hydrogens (tertiary/aromatic N) is 2. The number of aromatic nitrogens is 1. The largest absolute Gasteiger partial charge is 0.497 e. The van der Waals surface area contributed by atoms with Crippen molar-refractivity contribution >= 4 is 38.7 Å². The number of anilines is 2. The van der Waals surface area contributed by atoms with Crippen LogP contribution in [0.25, 0.3) is 11.1 Å². The van der Waals surface area contributed by atoms with Crippen LogP contribution in [0, 0.1) is 0 Å². The Bertz CT molecular complexity index is 939. The van der Waals surface area contributed by atoms with Crippen molar-refractivity contribution in [3.63, 3.8) is 0 Å². The maximum absolute atomic E-state index is 6.03. The van der Waals surface area contributed by atoms with Crippen molar-refractivity contribution in [3.05, 3.63) is 40.9 Å². The van der Waals surface area contributed by atoms with Gasteiger partial charge in [-0.25, -0.2) is 0 Å². The fraction of sp³-hybridized carbons (Fsp3) is 0.381. The second-order valence-corrected chi connectivity index (χ2v) is 7.70. The smallest absolute Gasteiger partial charge is 0.300 e. The second kappa shape index (κ2) is 9.47. The van der Waals surface area contributed by atoms with E-state index in [9.17, 15) is 0 Å². The molecule has 8 heteroatoms. The average Bonchev–Trinajstić information content (AvgIpc) is 3.16. The van der Waals surface area contributed by atoms with Gasteiger partial charge in [0.25, 0.3) is 6.01 Å². The summed E-state index contributed by atoms with van der Waals surface area (Å²) in [6.07, 6.45) is 0.927. The Hall–Kier alpha value is -2.29. The van der Waals surface area contributed by atoms with Gasteiger partial charge in [-0.15, -0.1) is 0 Å². The van der Waals surface area contributed by atoms with E-state index < -0.39 is 0 Å². The van der Waals surface area contributed by atoms with E-state index in [-0.39, 0.29) is 0 Å². The van der Waals surface area contributed by atoms with Gasteiger partial charge in [-0.1, -0.05) is 15.9 Å². The SMILES string of the molecule is COc1cc(OCCCN2CCOCC2)c2oc(Nc3ccc(Br)cc3)nc2c1. The number of morpholine rings is 1. The van der Waals surface area contributed by atoms with Gasteiger partial charge < -0.3 is 23.9 Å². The first-order valence-electron chi connectivity index (χ1n) is 9.65. The van der Waals surface area contributed by atoms with Crippen molar-refractivity contribution in [3.8, 4) is 11.5 Å². The first-order valence-corrected chi connectivity index (χ1v) is 10.4. The quantitative estimate of drug-likeness (QED) is 0.497. The Labute approximate surface area is 178 Å². The van der Waals surface area contributed by atoms with E-state index in [2.05, 4.69) is 31.1 Å². The maximum Gasteiger partial charge on any atom is 0.300 e. The van der Waals surface area contributed by atoms with Crippen molar-refractivity contribution in [2.24, 2.45) is 0 Å². The predicted octanol–water partition coefficient (Wildman–Crippen LogP) is 4.44. The summed E-state index contributed by atoms with van der Waals surface area (Å²) in [5.41, 5.74) is 2.18. The molecule has 0 bridgehead atoms. The standard InChI is InChI=1S/C21H24BrN3O4/c1-26-17-13-18-20(29-21(24-18)23-16-5-3-15(22)4-6-16)19(14-17)28-10-2-7-25-8-11-27-12-9-25/h3-6,13-14H,2,7-12H2,1H3,(H,23,24). The van der Waals surface area contributed by atoms with Gasteiger partial charge in [0.05, 0.1) is 26.9 Å². The van der Waals surface area contributed by atoms with Gasteiger partial charge in [0.15, 0.2) is 11.3 Å². The van der Waals surface area contributed by atoms with Gasteiger partial charge in [0.1, 0.15) is 11.3 Å². The van der Waals surface area contributed by atoms with Crippen LogP contribution in [0.2, 0.25) is 0 Å². The summed E-state index contributed by atoms with van der Waals surface area (Å²) in [5, 5.41) is 3.18. The Morgan fingerprint density at radius 1 is 1.17 bits per heavy atom. The van der Waals surface area contributed by atoms with Gasteiger partial charge in [0.2, 0.25) is 0 Å². The summed E-state index contributed by atoms with van der Waals surface area (Å²) in [6.45, 7) is 5.17.